The minimum atomic E-state index is -0.549. The van der Waals surface area contributed by atoms with Gasteiger partial charge in [-0.2, -0.15) is 0 Å². The number of benzene rings is 1. The van der Waals surface area contributed by atoms with E-state index < -0.39 is 11.9 Å². The van der Waals surface area contributed by atoms with E-state index >= 15 is 0 Å². The quantitative estimate of drug-likeness (QED) is 0.764. The molecule has 0 spiro atoms. The Morgan fingerprint density at radius 2 is 1.90 bits per heavy atom. The summed E-state index contributed by atoms with van der Waals surface area (Å²) in [4.78, 5) is 13.9. The van der Waals surface area contributed by atoms with Crippen LogP contribution in [0.5, 0.6) is 0 Å². The number of amides is 2. The molecular weight excluding hydrogens is 314 g/mol. The zero-order chi connectivity index (χ0) is 16.2. The molecule has 1 unspecified atom stereocenters. The van der Waals surface area contributed by atoms with Crippen molar-refractivity contribution in [1.29, 1.82) is 0 Å². The van der Waals surface area contributed by atoms with Gasteiger partial charge in [-0.1, -0.05) is 37.0 Å². The first kappa shape index (κ1) is 18.1. The van der Waals surface area contributed by atoms with Gasteiger partial charge in [0.1, 0.15) is 5.82 Å². The Kier molecular flexibility index (Phi) is 6.75. The monoisotopic (exact) mass is 334 g/mol. The molecule has 0 aliphatic carbocycles. The van der Waals surface area contributed by atoms with Crippen molar-refractivity contribution in [2.45, 2.75) is 33.7 Å². The lowest BCUT2D eigenvalue weighted by Gasteiger charge is -2.26. The van der Waals surface area contributed by atoms with Crippen LogP contribution in [0.25, 0.3) is 0 Å². The average molecular weight is 335 g/mol. The molecule has 0 saturated heterocycles. The molecule has 0 fully saturated rings. The molecule has 1 atom stereocenters. The van der Waals surface area contributed by atoms with Gasteiger partial charge < -0.3 is 10.2 Å². The molecule has 1 aromatic carbocycles. The molecule has 3 nitrogen and oxygen atoms in total. The van der Waals surface area contributed by atoms with Gasteiger partial charge in [0.15, 0.2) is 0 Å². The smallest absolute Gasteiger partial charge is 0.317 e. The van der Waals surface area contributed by atoms with E-state index in [4.69, 9.17) is 23.2 Å². The Hall–Kier alpha value is -1.00. The van der Waals surface area contributed by atoms with E-state index in [2.05, 4.69) is 5.32 Å². The van der Waals surface area contributed by atoms with E-state index in [1.807, 2.05) is 20.8 Å². The molecule has 6 heteroatoms. The maximum Gasteiger partial charge on any atom is 0.317 e. The van der Waals surface area contributed by atoms with Gasteiger partial charge >= 0.3 is 6.03 Å². The summed E-state index contributed by atoms with van der Waals surface area (Å²) < 4.78 is 13.5. The summed E-state index contributed by atoms with van der Waals surface area (Å²) in [5.41, 5.74) is 0.507. The standard InChI is InChI=1S/C15H21Cl2FN2O/c1-5-20(8-9(2)3)15(21)19-10(4)11-6-14(18)13(17)7-12(11)16/h6-7,9-10H,5,8H2,1-4H3,(H,19,21). The Labute approximate surface area is 135 Å². The Balaban J connectivity index is 2.83. The molecule has 2 amide bonds. The second-order valence-electron chi connectivity index (χ2n) is 5.39. The van der Waals surface area contributed by atoms with Gasteiger partial charge in [0, 0.05) is 18.1 Å². The lowest BCUT2D eigenvalue weighted by molar-refractivity contribution is 0.191. The largest absolute Gasteiger partial charge is 0.331 e. The summed E-state index contributed by atoms with van der Waals surface area (Å²) in [6.45, 7) is 9.05. The summed E-state index contributed by atoms with van der Waals surface area (Å²) in [5, 5.41) is 3.14. The summed E-state index contributed by atoms with van der Waals surface area (Å²) >= 11 is 11.7. The third-order valence-corrected chi connectivity index (χ3v) is 3.72. The van der Waals surface area contributed by atoms with Gasteiger partial charge in [-0.25, -0.2) is 9.18 Å². The number of hydrogen-bond donors (Lipinski definition) is 1. The number of nitrogens with zero attached hydrogens (tertiary/aromatic N) is 1. The van der Waals surface area contributed by atoms with Crippen LogP contribution < -0.4 is 5.32 Å². The van der Waals surface area contributed by atoms with Crippen LogP contribution in [0.2, 0.25) is 10.0 Å². The molecule has 1 N–H and O–H groups in total. The zero-order valence-electron chi connectivity index (χ0n) is 12.7. The highest BCUT2D eigenvalue weighted by Crippen LogP contribution is 2.28. The predicted octanol–water partition coefficient (Wildman–Crippen LogP) is 4.88. The molecule has 0 aliphatic rings. The van der Waals surface area contributed by atoms with Crippen molar-refractivity contribution in [3.63, 3.8) is 0 Å². The fourth-order valence-corrected chi connectivity index (χ4v) is 2.57. The van der Waals surface area contributed by atoms with E-state index in [0.717, 1.165) is 0 Å². The van der Waals surface area contributed by atoms with Gasteiger partial charge in [0.2, 0.25) is 0 Å². The highest BCUT2D eigenvalue weighted by atomic mass is 35.5. The lowest BCUT2D eigenvalue weighted by Crippen LogP contribution is -2.42. The van der Waals surface area contributed by atoms with E-state index in [-0.39, 0.29) is 11.1 Å². The van der Waals surface area contributed by atoms with Crippen molar-refractivity contribution in [2.75, 3.05) is 13.1 Å². The second kappa shape index (κ2) is 7.85. The number of carbonyl (C=O) groups excluding carboxylic acids is 1. The van der Waals surface area contributed by atoms with Crippen LogP contribution in [0.1, 0.15) is 39.3 Å². The predicted molar refractivity (Wildman–Crippen MR) is 85.5 cm³/mol. The highest BCUT2D eigenvalue weighted by Gasteiger charge is 2.19. The third kappa shape index (κ3) is 5.04. The van der Waals surface area contributed by atoms with Crippen molar-refractivity contribution in [1.82, 2.24) is 10.2 Å². The molecule has 21 heavy (non-hydrogen) atoms. The van der Waals surface area contributed by atoms with Gasteiger partial charge in [0.25, 0.3) is 0 Å². The number of nitrogens with one attached hydrogen (secondary N) is 1. The van der Waals surface area contributed by atoms with Crippen LogP contribution in [0.4, 0.5) is 9.18 Å². The lowest BCUT2D eigenvalue weighted by atomic mass is 10.1. The molecule has 0 aromatic heterocycles. The minimum absolute atomic E-state index is 0.0303. The van der Waals surface area contributed by atoms with Crippen LogP contribution in [0.3, 0.4) is 0 Å². The average Bonchev–Trinajstić information content (AvgIpc) is 2.39. The molecule has 0 heterocycles. The Morgan fingerprint density at radius 1 is 1.29 bits per heavy atom. The normalized spacial score (nSPS) is 12.4. The van der Waals surface area contributed by atoms with E-state index in [1.165, 1.54) is 12.1 Å². The SMILES string of the molecule is CCN(CC(C)C)C(=O)NC(C)c1cc(F)c(Cl)cc1Cl. The molecule has 1 rings (SSSR count). The van der Waals surface area contributed by atoms with Gasteiger partial charge in [0.05, 0.1) is 11.1 Å². The van der Waals surface area contributed by atoms with E-state index in [0.29, 0.717) is 29.6 Å². The molecule has 118 valence electrons. The maximum absolute atomic E-state index is 13.5. The molecule has 1 aromatic rings. The van der Waals surface area contributed by atoms with Gasteiger partial charge in [-0.3, -0.25) is 0 Å². The van der Waals surface area contributed by atoms with Crippen molar-refractivity contribution in [3.8, 4) is 0 Å². The van der Waals surface area contributed by atoms with Crippen molar-refractivity contribution < 1.29 is 9.18 Å². The number of halogens is 3. The molecule has 0 radical (unpaired) electrons. The summed E-state index contributed by atoms with van der Waals surface area (Å²) in [6, 6.07) is 2.01. The molecular formula is C15H21Cl2FN2O. The topological polar surface area (TPSA) is 32.3 Å². The van der Waals surface area contributed by atoms with E-state index in [1.54, 1.807) is 11.8 Å². The van der Waals surface area contributed by atoms with Crippen molar-refractivity contribution in [2.24, 2.45) is 5.92 Å². The minimum Gasteiger partial charge on any atom is -0.331 e. The zero-order valence-corrected chi connectivity index (χ0v) is 14.2. The third-order valence-electron chi connectivity index (χ3n) is 3.10. The number of hydrogen-bond acceptors (Lipinski definition) is 1. The van der Waals surface area contributed by atoms with Crippen LogP contribution in [0.15, 0.2) is 12.1 Å². The first-order valence-electron chi connectivity index (χ1n) is 6.96. The van der Waals surface area contributed by atoms with Crippen LogP contribution >= 0.6 is 23.2 Å². The fraction of sp³-hybridized carbons (Fsp3) is 0.533. The maximum atomic E-state index is 13.5. The van der Waals surface area contributed by atoms with Crippen LogP contribution in [0, 0.1) is 11.7 Å². The van der Waals surface area contributed by atoms with Crippen LogP contribution in [-0.4, -0.2) is 24.0 Å². The second-order valence-corrected chi connectivity index (χ2v) is 6.21. The highest BCUT2D eigenvalue weighted by molar-refractivity contribution is 6.35. The molecule has 0 saturated carbocycles. The molecule has 0 bridgehead atoms. The van der Waals surface area contributed by atoms with Crippen molar-refractivity contribution >= 4 is 29.2 Å². The summed E-state index contributed by atoms with van der Waals surface area (Å²) in [7, 11) is 0. The fourth-order valence-electron chi connectivity index (χ4n) is 2.02. The van der Waals surface area contributed by atoms with E-state index in [9.17, 15) is 9.18 Å². The van der Waals surface area contributed by atoms with Gasteiger partial charge in [-0.15, -0.1) is 0 Å². The number of urea groups is 1. The Bertz CT molecular complexity index is 509. The van der Waals surface area contributed by atoms with Crippen LogP contribution in [-0.2, 0) is 0 Å². The summed E-state index contributed by atoms with van der Waals surface area (Å²) in [6.07, 6.45) is 0. The number of carbonyl (C=O) groups is 1. The van der Waals surface area contributed by atoms with Gasteiger partial charge in [-0.05, 0) is 37.5 Å². The molecule has 0 aliphatic heterocycles. The first-order valence-corrected chi connectivity index (χ1v) is 7.71. The summed E-state index contributed by atoms with van der Waals surface area (Å²) in [5.74, 6) is -0.172. The number of rotatable bonds is 5. The first-order chi connectivity index (χ1) is 9.76. The van der Waals surface area contributed by atoms with Crippen molar-refractivity contribution in [3.05, 3.63) is 33.6 Å². The Morgan fingerprint density at radius 3 is 2.43 bits per heavy atom.